The van der Waals surface area contributed by atoms with Crippen molar-refractivity contribution < 1.29 is 18.8 Å². The molecule has 0 aromatic heterocycles. The van der Waals surface area contributed by atoms with Gasteiger partial charge in [-0.15, -0.1) is 0 Å². The first kappa shape index (κ1) is 15.0. The molecule has 21 heavy (non-hydrogen) atoms. The summed E-state index contributed by atoms with van der Waals surface area (Å²) < 4.78 is 13.0. The van der Waals surface area contributed by atoms with Gasteiger partial charge in [0.25, 0.3) is 0 Å². The molecule has 1 aromatic carbocycles. The average molecular weight is 293 g/mol. The molecule has 0 spiro atoms. The third kappa shape index (κ3) is 3.77. The summed E-state index contributed by atoms with van der Waals surface area (Å²) in [6, 6.07) is 3.77. The van der Waals surface area contributed by atoms with Gasteiger partial charge in [-0.2, -0.15) is 0 Å². The fourth-order valence-corrected chi connectivity index (χ4v) is 2.10. The van der Waals surface area contributed by atoms with Crippen molar-refractivity contribution in [3.63, 3.8) is 0 Å². The van der Waals surface area contributed by atoms with Crippen LogP contribution >= 0.6 is 0 Å². The Morgan fingerprint density at radius 2 is 1.86 bits per heavy atom. The lowest BCUT2D eigenvalue weighted by molar-refractivity contribution is -0.146. The average Bonchev–Trinajstić information content (AvgIpc) is 2.58. The highest BCUT2D eigenvalue weighted by atomic mass is 19.1. The van der Waals surface area contributed by atoms with E-state index in [2.05, 4.69) is 5.32 Å². The van der Waals surface area contributed by atoms with Crippen molar-refractivity contribution in [3.8, 4) is 0 Å². The predicted molar refractivity (Wildman–Crippen MR) is 74.6 cm³/mol. The SMILES string of the molecule is Nc1cc(NC(=O)CN2C(=O)CCCCC2=O)ccc1F. The zero-order valence-electron chi connectivity index (χ0n) is 11.4. The van der Waals surface area contributed by atoms with E-state index >= 15 is 0 Å². The molecule has 112 valence electrons. The summed E-state index contributed by atoms with van der Waals surface area (Å²) in [5, 5.41) is 2.49. The molecule has 1 aromatic rings. The molecular weight excluding hydrogens is 277 g/mol. The van der Waals surface area contributed by atoms with Crippen LogP contribution in [-0.2, 0) is 14.4 Å². The third-order valence-corrected chi connectivity index (χ3v) is 3.21. The number of nitrogens with two attached hydrogens (primary N) is 1. The van der Waals surface area contributed by atoms with Crippen molar-refractivity contribution in [2.75, 3.05) is 17.6 Å². The normalized spacial score (nSPS) is 15.8. The largest absolute Gasteiger partial charge is 0.396 e. The van der Waals surface area contributed by atoms with Crippen LogP contribution in [0.4, 0.5) is 15.8 Å². The lowest BCUT2D eigenvalue weighted by Crippen LogP contribution is -2.41. The van der Waals surface area contributed by atoms with E-state index in [0.717, 1.165) is 11.0 Å². The summed E-state index contributed by atoms with van der Waals surface area (Å²) in [6.07, 6.45) is 1.83. The Balaban J connectivity index is 2.01. The summed E-state index contributed by atoms with van der Waals surface area (Å²) in [5.74, 6) is -1.78. The maximum atomic E-state index is 13.0. The molecular formula is C14H16FN3O3. The smallest absolute Gasteiger partial charge is 0.244 e. The monoisotopic (exact) mass is 293 g/mol. The minimum Gasteiger partial charge on any atom is -0.396 e. The third-order valence-electron chi connectivity index (χ3n) is 3.21. The van der Waals surface area contributed by atoms with E-state index in [1.54, 1.807) is 0 Å². The van der Waals surface area contributed by atoms with Crippen molar-refractivity contribution in [2.45, 2.75) is 25.7 Å². The second kappa shape index (κ2) is 6.34. The minimum atomic E-state index is -0.578. The van der Waals surface area contributed by atoms with Gasteiger partial charge in [0, 0.05) is 18.5 Å². The number of halogens is 1. The molecule has 0 aliphatic carbocycles. The quantitative estimate of drug-likeness (QED) is 0.648. The molecule has 3 amide bonds. The van der Waals surface area contributed by atoms with Crippen molar-refractivity contribution in [2.24, 2.45) is 0 Å². The van der Waals surface area contributed by atoms with E-state index in [4.69, 9.17) is 5.73 Å². The second-order valence-electron chi connectivity index (χ2n) is 4.87. The molecule has 7 heteroatoms. The van der Waals surface area contributed by atoms with Crippen LogP contribution in [0.25, 0.3) is 0 Å². The Hall–Kier alpha value is -2.44. The number of imide groups is 1. The van der Waals surface area contributed by atoms with Gasteiger partial charge in [0.15, 0.2) is 0 Å². The van der Waals surface area contributed by atoms with Gasteiger partial charge in [0.1, 0.15) is 12.4 Å². The van der Waals surface area contributed by atoms with E-state index in [0.29, 0.717) is 18.5 Å². The van der Waals surface area contributed by atoms with Crippen LogP contribution in [0.2, 0.25) is 0 Å². The number of nitrogen functional groups attached to an aromatic ring is 1. The lowest BCUT2D eigenvalue weighted by atomic mass is 10.2. The first-order valence-corrected chi connectivity index (χ1v) is 6.65. The van der Waals surface area contributed by atoms with E-state index < -0.39 is 11.7 Å². The van der Waals surface area contributed by atoms with Crippen LogP contribution in [0, 0.1) is 5.82 Å². The van der Waals surface area contributed by atoms with E-state index in [-0.39, 0.29) is 36.9 Å². The Morgan fingerprint density at radius 1 is 1.24 bits per heavy atom. The van der Waals surface area contributed by atoms with Gasteiger partial charge >= 0.3 is 0 Å². The van der Waals surface area contributed by atoms with Gasteiger partial charge in [-0.25, -0.2) is 4.39 Å². The maximum absolute atomic E-state index is 13.0. The highest BCUT2D eigenvalue weighted by Gasteiger charge is 2.26. The minimum absolute atomic E-state index is 0.0882. The van der Waals surface area contributed by atoms with Crippen molar-refractivity contribution in [1.82, 2.24) is 4.90 Å². The van der Waals surface area contributed by atoms with Crippen molar-refractivity contribution in [3.05, 3.63) is 24.0 Å². The molecule has 1 aliphatic heterocycles. The van der Waals surface area contributed by atoms with Crippen molar-refractivity contribution >= 4 is 29.1 Å². The van der Waals surface area contributed by atoms with E-state index in [9.17, 15) is 18.8 Å². The number of nitrogens with zero attached hydrogens (tertiary/aromatic N) is 1. The van der Waals surface area contributed by atoms with E-state index in [1.807, 2.05) is 0 Å². The highest BCUT2D eigenvalue weighted by molar-refractivity contribution is 6.02. The molecule has 1 aliphatic rings. The molecule has 6 nitrogen and oxygen atoms in total. The molecule has 0 unspecified atom stereocenters. The van der Waals surface area contributed by atoms with Gasteiger partial charge < -0.3 is 11.1 Å². The number of likely N-dealkylation sites (tertiary alicyclic amines) is 1. The number of carbonyl (C=O) groups is 3. The summed E-state index contributed by atoms with van der Waals surface area (Å²) in [7, 11) is 0. The highest BCUT2D eigenvalue weighted by Crippen LogP contribution is 2.17. The molecule has 0 atom stereocenters. The zero-order valence-corrected chi connectivity index (χ0v) is 11.4. The van der Waals surface area contributed by atoms with Gasteiger partial charge in [-0.1, -0.05) is 0 Å². The van der Waals surface area contributed by atoms with Gasteiger partial charge in [-0.3, -0.25) is 19.3 Å². The van der Waals surface area contributed by atoms with Gasteiger partial charge in [-0.05, 0) is 31.0 Å². The molecule has 0 radical (unpaired) electrons. The van der Waals surface area contributed by atoms with Crippen LogP contribution in [0.3, 0.4) is 0 Å². The van der Waals surface area contributed by atoms with Gasteiger partial charge in [0.2, 0.25) is 17.7 Å². The van der Waals surface area contributed by atoms with Crippen LogP contribution < -0.4 is 11.1 Å². The topological polar surface area (TPSA) is 92.5 Å². The molecule has 1 heterocycles. The molecule has 2 rings (SSSR count). The number of carbonyl (C=O) groups excluding carboxylic acids is 3. The number of nitrogens with one attached hydrogen (secondary N) is 1. The molecule has 1 fully saturated rings. The Kier molecular flexibility index (Phi) is 4.52. The molecule has 0 bridgehead atoms. The Labute approximate surface area is 121 Å². The predicted octanol–water partition coefficient (Wildman–Crippen LogP) is 1.28. The first-order valence-electron chi connectivity index (χ1n) is 6.65. The lowest BCUT2D eigenvalue weighted by Gasteiger charge is -2.18. The number of hydrogen-bond donors (Lipinski definition) is 2. The number of benzene rings is 1. The van der Waals surface area contributed by atoms with Crippen molar-refractivity contribution in [1.29, 1.82) is 0 Å². The summed E-state index contributed by atoms with van der Waals surface area (Å²) >= 11 is 0. The van der Waals surface area contributed by atoms with E-state index in [1.165, 1.54) is 12.1 Å². The zero-order chi connectivity index (χ0) is 15.4. The first-order chi connectivity index (χ1) is 9.97. The summed E-state index contributed by atoms with van der Waals surface area (Å²) in [5.41, 5.74) is 5.63. The molecule has 3 N–H and O–H groups in total. The van der Waals surface area contributed by atoms with Crippen LogP contribution in [0.5, 0.6) is 0 Å². The number of hydrogen-bond acceptors (Lipinski definition) is 4. The number of rotatable bonds is 3. The van der Waals surface area contributed by atoms with Crippen LogP contribution in [0.15, 0.2) is 18.2 Å². The number of anilines is 2. The van der Waals surface area contributed by atoms with Crippen LogP contribution in [-0.4, -0.2) is 29.2 Å². The second-order valence-corrected chi connectivity index (χ2v) is 4.87. The fourth-order valence-electron chi connectivity index (χ4n) is 2.10. The van der Waals surface area contributed by atoms with Crippen LogP contribution in [0.1, 0.15) is 25.7 Å². The maximum Gasteiger partial charge on any atom is 0.244 e. The Bertz CT molecular complexity index is 571. The Morgan fingerprint density at radius 3 is 2.43 bits per heavy atom. The molecule has 1 saturated heterocycles. The number of amides is 3. The van der Waals surface area contributed by atoms with Gasteiger partial charge in [0.05, 0.1) is 5.69 Å². The fraction of sp³-hybridized carbons (Fsp3) is 0.357. The standard InChI is InChI=1S/C14H16FN3O3/c15-10-6-5-9(7-11(10)16)17-12(19)8-18-13(20)3-1-2-4-14(18)21/h5-7H,1-4,8,16H2,(H,17,19). The summed E-state index contributed by atoms with van der Waals surface area (Å²) in [4.78, 5) is 36.4. The summed E-state index contributed by atoms with van der Waals surface area (Å²) in [6.45, 7) is -0.338. The molecule has 0 saturated carbocycles.